The largest absolute Gasteiger partial charge is 0.363 e. The zero-order chi connectivity index (χ0) is 14.8. The molecule has 21 heavy (non-hydrogen) atoms. The third-order valence-corrected chi connectivity index (χ3v) is 4.45. The molecule has 0 saturated carbocycles. The van der Waals surface area contributed by atoms with Crippen molar-refractivity contribution in [1.29, 1.82) is 0 Å². The van der Waals surface area contributed by atoms with Crippen molar-refractivity contribution in [3.05, 3.63) is 41.7 Å². The second-order valence-electron chi connectivity index (χ2n) is 4.70. The summed E-state index contributed by atoms with van der Waals surface area (Å²) in [7, 11) is 1.85. The third kappa shape index (κ3) is 2.42. The van der Waals surface area contributed by atoms with Crippen molar-refractivity contribution in [3.63, 3.8) is 0 Å². The van der Waals surface area contributed by atoms with Crippen molar-refractivity contribution in [1.82, 2.24) is 20.0 Å². The quantitative estimate of drug-likeness (QED) is 0.803. The second-order valence-corrected chi connectivity index (χ2v) is 5.68. The Balaban J connectivity index is 2.07. The number of benzene rings is 1. The van der Waals surface area contributed by atoms with E-state index in [1.165, 1.54) is 16.9 Å². The van der Waals surface area contributed by atoms with Gasteiger partial charge < -0.3 is 5.32 Å². The smallest absolute Gasteiger partial charge is 0.205 e. The normalized spacial score (nSPS) is 10.8. The topological polar surface area (TPSA) is 55.6 Å². The lowest BCUT2D eigenvalue weighted by atomic mass is 10.1. The fraction of sp³-hybridized carbons (Fsp3) is 0.267. The van der Waals surface area contributed by atoms with Crippen LogP contribution in [0.3, 0.4) is 0 Å². The van der Waals surface area contributed by atoms with Gasteiger partial charge in [0.15, 0.2) is 5.01 Å². The Morgan fingerprint density at radius 3 is 2.76 bits per heavy atom. The summed E-state index contributed by atoms with van der Waals surface area (Å²) in [4.78, 5) is 0. The summed E-state index contributed by atoms with van der Waals surface area (Å²) in [6, 6.07) is 8.34. The Labute approximate surface area is 127 Å². The SMILES string of the molecule is CCc1ccccc1-n1ncc(-c2nnc(NC)s2)c1C. The van der Waals surface area contributed by atoms with E-state index >= 15 is 0 Å². The van der Waals surface area contributed by atoms with Gasteiger partial charge in [0.1, 0.15) is 0 Å². The molecule has 0 bridgehead atoms. The molecular weight excluding hydrogens is 282 g/mol. The molecular formula is C15H17N5S. The molecule has 3 rings (SSSR count). The number of hydrogen-bond donors (Lipinski definition) is 1. The van der Waals surface area contributed by atoms with E-state index in [4.69, 9.17) is 0 Å². The van der Waals surface area contributed by atoms with Crippen molar-refractivity contribution >= 4 is 16.5 Å². The molecule has 3 aromatic rings. The standard InChI is InChI=1S/C15H17N5S/c1-4-11-7-5-6-8-13(11)20-10(2)12(9-17-20)14-18-19-15(16-3)21-14/h5-9H,4H2,1-3H3,(H,16,19). The van der Waals surface area contributed by atoms with Gasteiger partial charge in [0.05, 0.1) is 23.1 Å². The van der Waals surface area contributed by atoms with E-state index in [-0.39, 0.29) is 0 Å². The van der Waals surface area contributed by atoms with E-state index < -0.39 is 0 Å². The van der Waals surface area contributed by atoms with Gasteiger partial charge in [-0.25, -0.2) is 4.68 Å². The van der Waals surface area contributed by atoms with Gasteiger partial charge in [0.25, 0.3) is 0 Å². The highest BCUT2D eigenvalue weighted by atomic mass is 32.1. The van der Waals surface area contributed by atoms with Crippen LogP contribution in [0.4, 0.5) is 5.13 Å². The van der Waals surface area contributed by atoms with Gasteiger partial charge in [0, 0.05) is 7.05 Å². The number of hydrogen-bond acceptors (Lipinski definition) is 5. The number of para-hydroxylation sites is 1. The maximum absolute atomic E-state index is 4.54. The van der Waals surface area contributed by atoms with Gasteiger partial charge >= 0.3 is 0 Å². The molecule has 2 heterocycles. The van der Waals surface area contributed by atoms with Crippen molar-refractivity contribution in [2.24, 2.45) is 0 Å². The molecule has 0 aliphatic heterocycles. The molecule has 0 saturated heterocycles. The molecule has 108 valence electrons. The highest BCUT2D eigenvalue weighted by Crippen LogP contribution is 2.30. The van der Waals surface area contributed by atoms with Gasteiger partial charge in [-0.15, -0.1) is 10.2 Å². The average molecular weight is 299 g/mol. The molecule has 1 N–H and O–H groups in total. The predicted molar refractivity (Wildman–Crippen MR) is 86.1 cm³/mol. The second kappa shape index (κ2) is 5.65. The van der Waals surface area contributed by atoms with Gasteiger partial charge in [-0.1, -0.05) is 36.5 Å². The number of aromatic nitrogens is 4. The number of anilines is 1. The summed E-state index contributed by atoms with van der Waals surface area (Å²) >= 11 is 1.53. The van der Waals surface area contributed by atoms with Crippen LogP contribution in [0.25, 0.3) is 16.3 Å². The Morgan fingerprint density at radius 2 is 2.05 bits per heavy atom. The molecule has 5 nitrogen and oxygen atoms in total. The predicted octanol–water partition coefficient (Wildman–Crippen LogP) is 3.30. The van der Waals surface area contributed by atoms with Crippen LogP contribution in [0.2, 0.25) is 0 Å². The van der Waals surface area contributed by atoms with E-state index in [0.29, 0.717) is 0 Å². The number of rotatable bonds is 4. The minimum absolute atomic E-state index is 0.811. The van der Waals surface area contributed by atoms with Crippen LogP contribution in [0.15, 0.2) is 30.5 Å². The first-order valence-corrected chi connectivity index (χ1v) is 7.70. The van der Waals surface area contributed by atoms with Crippen molar-refractivity contribution in [2.75, 3.05) is 12.4 Å². The molecule has 0 amide bonds. The van der Waals surface area contributed by atoms with Crippen LogP contribution >= 0.6 is 11.3 Å². The van der Waals surface area contributed by atoms with Gasteiger partial charge in [-0.2, -0.15) is 5.10 Å². The molecule has 6 heteroatoms. The number of aryl methyl sites for hydroxylation is 1. The lowest BCUT2D eigenvalue weighted by molar-refractivity contribution is 0.833. The van der Waals surface area contributed by atoms with Crippen molar-refractivity contribution < 1.29 is 0 Å². The molecule has 2 aromatic heterocycles. The van der Waals surface area contributed by atoms with Crippen molar-refractivity contribution in [3.8, 4) is 16.3 Å². The minimum atomic E-state index is 0.811. The maximum Gasteiger partial charge on any atom is 0.205 e. The fourth-order valence-corrected chi connectivity index (χ4v) is 3.07. The molecule has 0 unspecified atom stereocenters. The highest BCUT2D eigenvalue weighted by Gasteiger charge is 2.15. The summed E-state index contributed by atoms with van der Waals surface area (Å²) in [5.41, 5.74) is 4.51. The van der Waals surface area contributed by atoms with Gasteiger partial charge in [-0.3, -0.25) is 0 Å². The number of nitrogens with zero attached hydrogens (tertiary/aromatic N) is 4. The van der Waals surface area contributed by atoms with Crippen LogP contribution in [0.1, 0.15) is 18.2 Å². The van der Waals surface area contributed by atoms with E-state index in [1.807, 2.05) is 24.0 Å². The van der Waals surface area contributed by atoms with Gasteiger partial charge in [0.2, 0.25) is 5.13 Å². The molecule has 0 atom stereocenters. The molecule has 0 fully saturated rings. The van der Waals surface area contributed by atoms with Crippen LogP contribution in [-0.2, 0) is 6.42 Å². The van der Waals surface area contributed by atoms with E-state index in [2.05, 4.69) is 52.7 Å². The molecule has 0 radical (unpaired) electrons. The Kier molecular flexibility index (Phi) is 3.70. The number of nitrogens with one attached hydrogen (secondary N) is 1. The van der Waals surface area contributed by atoms with Crippen LogP contribution < -0.4 is 5.32 Å². The monoisotopic (exact) mass is 299 g/mol. The van der Waals surface area contributed by atoms with E-state index in [0.717, 1.165) is 33.5 Å². The summed E-state index contributed by atoms with van der Waals surface area (Å²) in [5.74, 6) is 0. The van der Waals surface area contributed by atoms with Crippen LogP contribution in [0.5, 0.6) is 0 Å². The van der Waals surface area contributed by atoms with Crippen LogP contribution in [-0.4, -0.2) is 27.0 Å². The summed E-state index contributed by atoms with van der Waals surface area (Å²) < 4.78 is 1.98. The zero-order valence-electron chi connectivity index (χ0n) is 12.3. The zero-order valence-corrected chi connectivity index (χ0v) is 13.1. The summed E-state index contributed by atoms with van der Waals surface area (Å²) in [6.07, 6.45) is 2.84. The Bertz CT molecular complexity index is 759. The Hall–Kier alpha value is -2.21. The van der Waals surface area contributed by atoms with Gasteiger partial charge in [-0.05, 0) is 25.0 Å². The molecule has 0 aliphatic rings. The summed E-state index contributed by atoms with van der Waals surface area (Å²) in [5, 5.41) is 17.6. The first kappa shape index (κ1) is 13.8. The first-order chi connectivity index (χ1) is 10.2. The molecule has 0 aliphatic carbocycles. The lowest BCUT2D eigenvalue weighted by Gasteiger charge is -2.09. The van der Waals surface area contributed by atoms with E-state index in [1.54, 1.807) is 0 Å². The van der Waals surface area contributed by atoms with E-state index in [9.17, 15) is 0 Å². The van der Waals surface area contributed by atoms with Crippen LogP contribution in [0, 0.1) is 6.92 Å². The Morgan fingerprint density at radius 1 is 1.24 bits per heavy atom. The highest BCUT2D eigenvalue weighted by molar-refractivity contribution is 7.18. The van der Waals surface area contributed by atoms with Crippen molar-refractivity contribution in [2.45, 2.75) is 20.3 Å². The average Bonchev–Trinajstić information content (AvgIpc) is 3.13. The minimum Gasteiger partial charge on any atom is -0.363 e. The first-order valence-electron chi connectivity index (χ1n) is 6.89. The lowest BCUT2D eigenvalue weighted by Crippen LogP contribution is -2.02. The molecule has 0 spiro atoms. The maximum atomic E-state index is 4.54. The third-order valence-electron chi connectivity index (χ3n) is 3.48. The molecule has 1 aromatic carbocycles. The summed E-state index contributed by atoms with van der Waals surface area (Å²) in [6.45, 7) is 4.22. The fourth-order valence-electron chi connectivity index (χ4n) is 2.31.